The van der Waals surface area contributed by atoms with E-state index in [2.05, 4.69) is 21.0 Å². The SMILES string of the molecule is NNC(=O)c1ccc(Cn2ccc([N+](=O)[O-])n2)c(Br)c1. The summed E-state index contributed by atoms with van der Waals surface area (Å²) < 4.78 is 2.14. The number of benzene rings is 1. The Hall–Kier alpha value is -2.26. The molecule has 0 atom stereocenters. The van der Waals surface area contributed by atoms with Crippen molar-refractivity contribution in [3.8, 4) is 0 Å². The highest BCUT2D eigenvalue weighted by Crippen LogP contribution is 2.20. The molecule has 20 heavy (non-hydrogen) atoms. The van der Waals surface area contributed by atoms with Crippen LogP contribution in [0.1, 0.15) is 15.9 Å². The van der Waals surface area contributed by atoms with E-state index in [4.69, 9.17) is 5.84 Å². The van der Waals surface area contributed by atoms with Crippen molar-refractivity contribution in [3.63, 3.8) is 0 Å². The minimum absolute atomic E-state index is 0.208. The van der Waals surface area contributed by atoms with Gasteiger partial charge in [-0.1, -0.05) is 22.0 Å². The summed E-state index contributed by atoms with van der Waals surface area (Å²) in [4.78, 5) is 21.4. The van der Waals surface area contributed by atoms with Crippen LogP contribution in [-0.2, 0) is 6.54 Å². The molecular formula is C11H10BrN5O3. The molecule has 0 saturated heterocycles. The predicted molar refractivity (Wildman–Crippen MR) is 73.8 cm³/mol. The van der Waals surface area contributed by atoms with Crippen LogP contribution in [0.15, 0.2) is 34.9 Å². The van der Waals surface area contributed by atoms with Gasteiger partial charge in [-0.25, -0.2) is 5.84 Å². The number of carbonyl (C=O) groups is 1. The van der Waals surface area contributed by atoms with Crippen molar-refractivity contribution in [3.05, 3.63) is 56.2 Å². The van der Waals surface area contributed by atoms with Crippen LogP contribution in [0.4, 0.5) is 5.82 Å². The highest BCUT2D eigenvalue weighted by molar-refractivity contribution is 9.10. The van der Waals surface area contributed by atoms with E-state index in [-0.39, 0.29) is 5.82 Å². The lowest BCUT2D eigenvalue weighted by Gasteiger charge is -2.05. The summed E-state index contributed by atoms with van der Waals surface area (Å²) in [6.07, 6.45) is 1.52. The Morgan fingerprint density at radius 2 is 2.25 bits per heavy atom. The molecule has 2 aromatic rings. The Balaban J connectivity index is 2.21. The number of nitrogens with two attached hydrogens (primary N) is 1. The molecular weight excluding hydrogens is 330 g/mol. The Labute approximate surface area is 121 Å². The first-order valence-electron chi connectivity index (χ1n) is 5.48. The zero-order chi connectivity index (χ0) is 14.7. The molecule has 0 aliphatic carbocycles. The standard InChI is InChI=1S/C11H10BrN5O3/c12-9-5-7(11(18)14-13)1-2-8(9)6-16-4-3-10(15-16)17(19)20/h1-5H,6,13H2,(H,14,18). The third-order valence-corrected chi connectivity index (χ3v) is 3.33. The molecule has 0 bridgehead atoms. The molecule has 0 fully saturated rings. The summed E-state index contributed by atoms with van der Waals surface area (Å²) in [6.45, 7) is 0.346. The molecule has 9 heteroatoms. The number of nitrogens with one attached hydrogen (secondary N) is 1. The fourth-order valence-corrected chi connectivity index (χ4v) is 2.12. The van der Waals surface area contributed by atoms with Gasteiger partial charge in [0.25, 0.3) is 5.91 Å². The second-order valence-electron chi connectivity index (χ2n) is 3.91. The molecule has 1 amide bonds. The number of rotatable bonds is 4. The summed E-state index contributed by atoms with van der Waals surface area (Å²) in [5.74, 6) is 4.45. The molecule has 1 heterocycles. The zero-order valence-electron chi connectivity index (χ0n) is 10.1. The first-order chi connectivity index (χ1) is 9.51. The molecule has 104 valence electrons. The quantitative estimate of drug-likeness (QED) is 0.376. The Morgan fingerprint density at radius 1 is 1.50 bits per heavy atom. The monoisotopic (exact) mass is 339 g/mol. The summed E-state index contributed by atoms with van der Waals surface area (Å²) >= 11 is 3.34. The maximum Gasteiger partial charge on any atom is 0.389 e. The van der Waals surface area contributed by atoms with Crippen molar-refractivity contribution in [1.82, 2.24) is 15.2 Å². The third-order valence-electron chi connectivity index (χ3n) is 2.59. The van der Waals surface area contributed by atoms with E-state index in [1.54, 1.807) is 18.2 Å². The fourth-order valence-electron chi connectivity index (χ4n) is 1.61. The van der Waals surface area contributed by atoms with Crippen molar-refractivity contribution >= 4 is 27.7 Å². The number of amides is 1. The van der Waals surface area contributed by atoms with Crippen LogP contribution in [0.3, 0.4) is 0 Å². The second-order valence-corrected chi connectivity index (χ2v) is 4.76. The molecule has 8 nitrogen and oxygen atoms in total. The number of nitro groups is 1. The molecule has 0 spiro atoms. The van der Waals surface area contributed by atoms with Gasteiger partial charge in [-0.2, -0.15) is 4.68 Å². The van der Waals surface area contributed by atoms with Gasteiger partial charge in [-0.3, -0.25) is 10.2 Å². The van der Waals surface area contributed by atoms with Crippen LogP contribution >= 0.6 is 15.9 Å². The largest absolute Gasteiger partial charge is 0.389 e. The van der Waals surface area contributed by atoms with Crippen LogP contribution in [0, 0.1) is 10.1 Å². The van der Waals surface area contributed by atoms with E-state index in [1.165, 1.54) is 16.9 Å². The van der Waals surface area contributed by atoms with E-state index in [9.17, 15) is 14.9 Å². The predicted octanol–water partition coefficient (Wildman–Crippen LogP) is 1.21. The van der Waals surface area contributed by atoms with E-state index in [1.807, 2.05) is 5.43 Å². The molecule has 1 aromatic heterocycles. The number of nitrogens with zero attached hydrogens (tertiary/aromatic N) is 3. The Morgan fingerprint density at radius 3 is 2.80 bits per heavy atom. The number of hydrogen-bond donors (Lipinski definition) is 2. The topological polar surface area (TPSA) is 116 Å². The third kappa shape index (κ3) is 3.00. The van der Waals surface area contributed by atoms with Crippen LogP contribution in [0.25, 0.3) is 0 Å². The first kappa shape index (κ1) is 14.2. The van der Waals surface area contributed by atoms with Crippen molar-refractivity contribution in [2.75, 3.05) is 0 Å². The lowest BCUT2D eigenvalue weighted by molar-refractivity contribution is -0.389. The molecule has 0 aliphatic heterocycles. The highest BCUT2D eigenvalue weighted by Gasteiger charge is 2.13. The van der Waals surface area contributed by atoms with Gasteiger partial charge in [-0.05, 0) is 22.6 Å². The molecule has 0 aliphatic rings. The number of halogens is 1. The molecule has 2 rings (SSSR count). The fraction of sp³-hybridized carbons (Fsp3) is 0.0909. The van der Waals surface area contributed by atoms with Gasteiger partial charge in [0, 0.05) is 10.0 Å². The minimum Gasteiger partial charge on any atom is -0.358 e. The average molecular weight is 340 g/mol. The number of aromatic nitrogens is 2. The van der Waals surface area contributed by atoms with E-state index < -0.39 is 10.8 Å². The van der Waals surface area contributed by atoms with Crippen LogP contribution < -0.4 is 11.3 Å². The second kappa shape index (κ2) is 5.80. The summed E-state index contributed by atoms with van der Waals surface area (Å²) in [5, 5.41) is 14.4. The van der Waals surface area contributed by atoms with Gasteiger partial charge < -0.3 is 10.1 Å². The van der Waals surface area contributed by atoms with Crippen molar-refractivity contribution < 1.29 is 9.72 Å². The van der Waals surface area contributed by atoms with Crippen LogP contribution in [-0.4, -0.2) is 20.6 Å². The number of nitrogen functional groups attached to an aromatic ring is 1. The van der Waals surface area contributed by atoms with Gasteiger partial charge in [0.15, 0.2) is 0 Å². The Kier molecular flexibility index (Phi) is 4.11. The number of hydrazine groups is 1. The highest BCUT2D eigenvalue weighted by atomic mass is 79.9. The molecule has 3 N–H and O–H groups in total. The van der Waals surface area contributed by atoms with E-state index >= 15 is 0 Å². The molecule has 0 saturated carbocycles. The number of carbonyl (C=O) groups excluding carboxylic acids is 1. The van der Waals surface area contributed by atoms with Crippen molar-refractivity contribution in [2.45, 2.75) is 6.54 Å². The summed E-state index contributed by atoms with van der Waals surface area (Å²) in [7, 11) is 0. The van der Waals surface area contributed by atoms with Crippen molar-refractivity contribution in [2.24, 2.45) is 5.84 Å². The lowest BCUT2D eigenvalue weighted by Crippen LogP contribution is -2.29. The van der Waals surface area contributed by atoms with Gasteiger partial charge in [0.05, 0.1) is 23.9 Å². The normalized spacial score (nSPS) is 10.3. The smallest absolute Gasteiger partial charge is 0.358 e. The van der Waals surface area contributed by atoms with Crippen LogP contribution in [0.5, 0.6) is 0 Å². The average Bonchev–Trinajstić information content (AvgIpc) is 2.89. The summed E-state index contributed by atoms with van der Waals surface area (Å²) in [5.41, 5.74) is 3.28. The van der Waals surface area contributed by atoms with Gasteiger partial charge >= 0.3 is 5.82 Å². The van der Waals surface area contributed by atoms with Crippen LogP contribution in [0.2, 0.25) is 0 Å². The molecule has 1 aromatic carbocycles. The zero-order valence-corrected chi connectivity index (χ0v) is 11.7. The molecule has 0 radical (unpaired) electrons. The Bertz CT molecular complexity index is 670. The maximum atomic E-state index is 11.4. The van der Waals surface area contributed by atoms with Gasteiger partial charge in [0.2, 0.25) is 0 Å². The number of hydrogen-bond acceptors (Lipinski definition) is 5. The van der Waals surface area contributed by atoms with Gasteiger partial charge in [0.1, 0.15) is 0 Å². The van der Waals surface area contributed by atoms with Crippen molar-refractivity contribution in [1.29, 1.82) is 0 Å². The van der Waals surface area contributed by atoms with Gasteiger partial charge in [-0.15, -0.1) is 0 Å². The lowest BCUT2D eigenvalue weighted by atomic mass is 10.1. The van der Waals surface area contributed by atoms with E-state index in [0.717, 1.165) is 5.56 Å². The minimum atomic E-state index is -0.555. The summed E-state index contributed by atoms with van der Waals surface area (Å²) in [6, 6.07) is 6.28. The first-order valence-corrected chi connectivity index (χ1v) is 6.28. The maximum absolute atomic E-state index is 11.4. The molecule has 0 unspecified atom stereocenters. The van der Waals surface area contributed by atoms with E-state index in [0.29, 0.717) is 16.6 Å².